The van der Waals surface area contributed by atoms with Crippen molar-refractivity contribution in [3.8, 4) is 0 Å². The molecule has 0 aromatic carbocycles. The highest BCUT2D eigenvalue weighted by Gasteiger charge is 2.53. The molecule has 3 aliphatic heterocycles. The van der Waals surface area contributed by atoms with Crippen LogP contribution in [-0.4, -0.2) is 143 Å². The normalized spacial score (nSPS) is 51.7. The maximum atomic E-state index is 11.1. The zero-order valence-corrected chi connectivity index (χ0v) is 22.4. The van der Waals surface area contributed by atoms with Gasteiger partial charge in [0, 0.05) is 19.1 Å². The van der Waals surface area contributed by atoms with Gasteiger partial charge in [-0.25, -0.2) is 0 Å². The molecular formula is C24H45N5O11. The highest BCUT2D eigenvalue weighted by atomic mass is 16.8. The summed E-state index contributed by atoms with van der Waals surface area (Å²) in [4.78, 5) is 0. The van der Waals surface area contributed by atoms with Crippen molar-refractivity contribution in [2.24, 2.45) is 34.6 Å². The Bertz CT molecular complexity index is 845. The van der Waals surface area contributed by atoms with Crippen LogP contribution in [0, 0.1) is 5.92 Å². The Balaban J connectivity index is 1.48. The van der Waals surface area contributed by atoms with Crippen LogP contribution in [0.5, 0.6) is 0 Å². The molecule has 3 heterocycles. The van der Waals surface area contributed by atoms with Gasteiger partial charge >= 0.3 is 0 Å². The highest BCUT2D eigenvalue weighted by molar-refractivity contribution is 5.04. The van der Waals surface area contributed by atoms with E-state index in [1.54, 1.807) is 19.1 Å². The third-order valence-electron chi connectivity index (χ3n) is 8.04. The second-order valence-electron chi connectivity index (χ2n) is 11.0. The molecule has 1 saturated carbocycles. The molecule has 0 spiro atoms. The van der Waals surface area contributed by atoms with Crippen LogP contribution in [0.3, 0.4) is 0 Å². The van der Waals surface area contributed by atoms with E-state index < -0.39 is 105 Å². The van der Waals surface area contributed by atoms with Crippen LogP contribution in [0.15, 0.2) is 12.2 Å². The summed E-state index contributed by atoms with van der Waals surface area (Å²) in [5, 5.41) is 52.6. The van der Waals surface area contributed by atoms with Crippen molar-refractivity contribution in [3.05, 3.63) is 12.2 Å². The van der Waals surface area contributed by atoms with Gasteiger partial charge in [0.25, 0.3) is 0 Å². The molecule has 15 N–H and O–H groups in total. The first-order valence-corrected chi connectivity index (χ1v) is 13.6. The molecule has 40 heavy (non-hydrogen) atoms. The lowest BCUT2D eigenvalue weighted by atomic mass is 9.80. The minimum absolute atomic E-state index is 0.126. The average molecular weight is 580 g/mol. The third kappa shape index (κ3) is 6.52. The van der Waals surface area contributed by atoms with Gasteiger partial charge < -0.3 is 82.6 Å². The first-order chi connectivity index (χ1) is 19.0. The van der Waals surface area contributed by atoms with E-state index in [1.807, 2.05) is 0 Å². The third-order valence-corrected chi connectivity index (χ3v) is 8.04. The molecule has 17 atom stereocenters. The van der Waals surface area contributed by atoms with E-state index in [-0.39, 0.29) is 19.0 Å². The lowest BCUT2D eigenvalue weighted by Gasteiger charge is -2.45. The Morgan fingerprint density at radius 1 is 0.725 bits per heavy atom. The summed E-state index contributed by atoms with van der Waals surface area (Å²) in [7, 11) is 0. The molecule has 16 heteroatoms. The number of aliphatic hydroxyl groups excluding tert-OH is 5. The van der Waals surface area contributed by atoms with Gasteiger partial charge in [-0.2, -0.15) is 0 Å². The Morgan fingerprint density at radius 3 is 2.02 bits per heavy atom. The molecule has 0 radical (unpaired) electrons. The first-order valence-electron chi connectivity index (χ1n) is 13.6. The Labute approximate surface area is 232 Å². The zero-order chi connectivity index (χ0) is 29.3. The van der Waals surface area contributed by atoms with Gasteiger partial charge in [0.2, 0.25) is 0 Å². The highest BCUT2D eigenvalue weighted by Crippen LogP contribution is 2.35. The van der Waals surface area contributed by atoms with Crippen molar-refractivity contribution < 1.29 is 54.0 Å². The van der Waals surface area contributed by atoms with Gasteiger partial charge in [-0.05, 0) is 12.3 Å². The maximum Gasteiger partial charge on any atom is 0.187 e. The Morgan fingerprint density at radius 2 is 1.38 bits per heavy atom. The fourth-order valence-corrected chi connectivity index (χ4v) is 5.58. The van der Waals surface area contributed by atoms with Gasteiger partial charge in [0.1, 0.15) is 48.8 Å². The van der Waals surface area contributed by atoms with E-state index in [9.17, 15) is 25.5 Å². The van der Waals surface area contributed by atoms with Crippen LogP contribution in [0.2, 0.25) is 0 Å². The summed E-state index contributed by atoms with van der Waals surface area (Å²) in [5.74, 6) is -0.286. The number of hydrogen-bond donors (Lipinski definition) is 10. The molecule has 0 bridgehead atoms. The predicted molar refractivity (Wildman–Crippen MR) is 137 cm³/mol. The second kappa shape index (κ2) is 13.6. The van der Waals surface area contributed by atoms with Gasteiger partial charge in [-0.15, -0.1) is 0 Å². The zero-order valence-electron chi connectivity index (χ0n) is 22.4. The fourth-order valence-electron chi connectivity index (χ4n) is 5.58. The SMILES string of the molecule is CC1CC(N)C(OC2OC(CN)C=CC2N)C(OC2OC(CO)C(OC3OC(CN)C(O)C(O)C3N)C2O)C1O. The van der Waals surface area contributed by atoms with Crippen LogP contribution >= 0.6 is 0 Å². The predicted octanol–water partition coefficient (Wildman–Crippen LogP) is -5.75. The van der Waals surface area contributed by atoms with Crippen molar-refractivity contribution in [2.45, 2.75) is 111 Å². The molecule has 0 aromatic rings. The fraction of sp³-hybridized carbons (Fsp3) is 0.917. The van der Waals surface area contributed by atoms with Crippen LogP contribution in [0.25, 0.3) is 0 Å². The number of aliphatic hydroxyl groups is 5. The molecule has 4 aliphatic rings. The lowest BCUT2D eigenvalue weighted by molar-refractivity contribution is -0.285. The second-order valence-corrected chi connectivity index (χ2v) is 11.0. The molecule has 0 amide bonds. The minimum Gasteiger partial charge on any atom is -0.394 e. The van der Waals surface area contributed by atoms with Crippen LogP contribution < -0.4 is 28.7 Å². The maximum absolute atomic E-state index is 11.1. The van der Waals surface area contributed by atoms with E-state index in [4.69, 9.17) is 57.1 Å². The van der Waals surface area contributed by atoms with E-state index in [1.165, 1.54) is 0 Å². The van der Waals surface area contributed by atoms with Crippen molar-refractivity contribution in [1.82, 2.24) is 0 Å². The number of ether oxygens (including phenoxy) is 6. The first kappa shape index (κ1) is 32.0. The number of hydrogen-bond acceptors (Lipinski definition) is 16. The summed E-state index contributed by atoms with van der Waals surface area (Å²) in [5.41, 5.74) is 29.9. The van der Waals surface area contributed by atoms with E-state index >= 15 is 0 Å². The molecule has 4 rings (SSSR count). The van der Waals surface area contributed by atoms with Gasteiger partial charge in [0.05, 0.1) is 30.9 Å². The summed E-state index contributed by atoms with van der Waals surface area (Å²) < 4.78 is 35.3. The van der Waals surface area contributed by atoms with Crippen molar-refractivity contribution >= 4 is 0 Å². The molecule has 17 unspecified atom stereocenters. The lowest BCUT2D eigenvalue weighted by Crippen LogP contribution is -2.64. The topological polar surface area (TPSA) is 287 Å². The van der Waals surface area contributed by atoms with E-state index in [2.05, 4.69) is 0 Å². The molecule has 3 fully saturated rings. The van der Waals surface area contributed by atoms with E-state index in [0.717, 1.165) is 0 Å². The van der Waals surface area contributed by atoms with Crippen molar-refractivity contribution in [1.29, 1.82) is 0 Å². The summed E-state index contributed by atoms with van der Waals surface area (Å²) in [6.07, 6.45) is -10.7. The molecule has 2 saturated heterocycles. The van der Waals surface area contributed by atoms with Crippen LogP contribution in [0.4, 0.5) is 0 Å². The number of nitrogens with two attached hydrogens (primary N) is 5. The summed E-state index contributed by atoms with van der Waals surface area (Å²) in [6, 6.07) is -2.40. The minimum atomic E-state index is -1.49. The molecule has 0 aromatic heterocycles. The smallest absolute Gasteiger partial charge is 0.187 e. The van der Waals surface area contributed by atoms with Crippen molar-refractivity contribution in [3.63, 3.8) is 0 Å². The monoisotopic (exact) mass is 579 g/mol. The molecule has 1 aliphatic carbocycles. The van der Waals surface area contributed by atoms with Crippen LogP contribution in [0.1, 0.15) is 13.3 Å². The number of rotatable bonds is 9. The molecular weight excluding hydrogens is 534 g/mol. The summed E-state index contributed by atoms with van der Waals surface area (Å²) in [6.45, 7) is 1.31. The molecule has 16 nitrogen and oxygen atoms in total. The van der Waals surface area contributed by atoms with Crippen molar-refractivity contribution in [2.75, 3.05) is 19.7 Å². The average Bonchev–Trinajstić information content (AvgIpc) is 3.23. The van der Waals surface area contributed by atoms with E-state index in [0.29, 0.717) is 6.42 Å². The van der Waals surface area contributed by atoms with Crippen LogP contribution in [-0.2, 0) is 28.4 Å². The quantitative estimate of drug-likeness (QED) is 0.114. The Kier molecular flexibility index (Phi) is 10.9. The van der Waals surface area contributed by atoms with Gasteiger partial charge in [-0.3, -0.25) is 0 Å². The summed E-state index contributed by atoms with van der Waals surface area (Å²) >= 11 is 0. The largest absolute Gasteiger partial charge is 0.394 e. The van der Waals surface area contributed by atoms with Gasteiger partial charge in [-0.1, -0.05) is 19.1 Å². The van der Waals surface area contributed by atoms with Gasteiger partial charge in [0.15, 0.2) is 18.9 Å². The Hall–Kier alpha value is -0.900. The standard InChI is InChI=1S/C24H45N5O11/c1-8-4-11(28)19(38-22-10(27)3-2-9(5-25)35-22)21(15(8)31)40-24-18(34)20(13(7-30)37-24)39-23-14(29)17(33)16(32)12(6-26)36-23/h2-3,8-24,30-34H,4-7,25-29H2,1H3. The molecule has 232 valence electrons.